The van der Waals surface area contributed by atoms with Gasteiger partial charge in [-0.2, -0.15) is 5.10 Å². The van der Waals surface area contributed by atoms with Crippen molar-refractivity contribution >= 4 is 5.69 Å². The number of nitrogens with one attached hydrogen (secondary N) is 1. The molecule has 4 heteroatoms. The molecule has 0 aliphatic carbocycles. The first kappa shape index (κ1) is 10.7. The average Bonchev–Trinajstić information content (AvgIpc) is 2.68. The summed E-state index contributed by atoms with van der Waals surface area (Å²) in [4.78, 5) is 4.11. The van der Waals surface area contributed by atoms with E-state index in [0.29, 0.717) is 0 Å². The predicted octanol–water partition coefficient (Wildman–Crippen LogP) is 2.30. The number of hydrogen-bond acceptors (Lipinski definition) is 3. The van der Waals surface area contributed by atoms with Crippen molar-refractivity contribution < 1.29 is 0 Å². The van der Waals surface area contributed by atoms with Crippen molar-refractivity contribution in [3.05, 3.63) is 42.0 Å². The highest BCUT2D eigenvalue weighted by Gasteiger charge is 2.08. The van der Waals surface area contributed by atoms with Crippen molar-refractivity contribution in [2.24, 2.45) is 7.05 Å². The van der Waals surface area contributed by atoms with E-state index in [0.717, 1.165) is 5.69 Å². The number of aryl methyl sites for hydroxylation is 2. The molecule has 0 radical (unpaired) electrons. The van der Waals surface area contributed by atoms with Crippen molar-refractivity contribution in [2.45, 2.75) is 19.9 Å². The zero-order valence-corrected chi connectivity index (χ0v) is 9.81. The molecule has 0 aliphatic rings. The third-order valence-corrected chi connectivity index (χ3v) is 2.64. The molecule has 0 spiro atoms. The van der Waals surface area contributed by atoms with E-state index in [-0.39, 0.29) is 6.04 Å². The second-order valence-corrected chi connectivity index (χ2v) is 4.00. The van der Waals surface area contributed by atoms with E-state index in [9.17, 15) is 0 Å². The Bertz CT molecular complexity index is 475. The van der Waals surface area contributed by atoms with Crippen LogP contribution in [0.25, 0.3) is 0 Å². The van der Waals surface area contributed by atoms with Gasteiger partial charge < -0.3 is 5.32 Å². The SMILES string of the molecule is Cc1ccncc1NC(C)c1cnn(C)c1. The smallest absolute Gasteiger partial charge is 0.0561 e. The normalized spacial score (nSPS) is 12.4. The van der Waals surface area contributed by atoms with E-state index in [4.69, 9.17) is 0 Å². The molecule has 16 heavy (non-hydrogen) atoms. The highest BCUT2D eigenvalue weighted by Crippen LogP contribution is 2.20. The van der Waals surface area contributed by atoms with Crippen molar-refractivity contribution in [1.29, 1.82) is 0 Å². The molecule has 0 fully saturated rings. The molecule has 0 aliphatic heterocycles. The van der Waals surface area contributed by atoms with Crippen LogP contribution in [0, 0.1) is 6.92 Å². The van der Waals surface area contributed by atoms with E-state index in [2.05, 4.69) is 29.2 Å². The number of hydrogen-bond donors (Lipinski definition) is 1. The van der Waals surface area contributed by atoms with Crippen molar-refractivity contribution in [3.8, 4) is 0 Å². The van der Waals surface area contributed by atoms with E-state index in [1.807, 2.05) is 36.4 Å². The summed E-state index contributed by atoms with van der Waals surface area (Å²) in [5.41, 5.74) is 3.44. The summed E-state index contributed by atoms with van der Waals surface area (Å²) < 4.78 is 1.81. The van der Waals surface area contributed by atoms with Crippen LogP contribution in [-0.4, -0.2) is 14.8 Å². The highest BCUT2D eigenvalue weighted by molar-refractivity contribution is 5.49. The first-order chi connectivity index (χ1) is 7.66. The second kappa shape index (κ2) is 4.35. The average molecular weight is 216 g/mol. The van der Waals surface area contributed by atoms with Crippen LogP contribution in [0.5, 0.6) is 0 Å². The molecule has 2 heterocycles. The zero-order chi connectivity index (χ0) is 11.5. The first-order valence-corrected chi connectivity index (χ1v) is 5.32. The van der Waals surface area contributed by atoms with Gasteiger partial charge in [0, 0.05) is 25.0 Å². The Morgan fingerprint density at radius 3 is 2.81 bits per heavy atom. The minimum Gasteiger partial charge on any atom is -0.377 e. The minimum absolute atomic E-state index is 0.233. The van der Waals surface area contributed by atoms with Gasteiger partial charge in [-0.15, -0.1) is 0 Å². The molecular formula is C12H16N4. The molecule has 0 aromatic carbocycles. The third kappa shape index (κ3) is 2.21. The van der Waals surface area contributed by atoms with Gasteiger partial charge in [-0.3, -0.25) is 9.67 Å². The van der Waals surface area contributed by atoms with Crippen LogP contribution in [0.3, 0.4) is 0 Å². The lowest BCUT2D eigenvalue weighted by Gasteiger charge is -2.14. The van der Waals surface area contributed by atoms with Crippen LogP contribution in [0.4, 0.5) is 5.69 Å². The van der Waals surface area contributed by atoms with E-state index < -0.39 is 0 Å². The topological polar surface area (TPSA) is 42.7 Å². The number of anilines is 1. The predicted molar refractivity (Wildman–Crippen MR) is 64.2 cm³/mol. The lowest BCUT2D eigenvalue weighted by molar-refractivity contribution is 0.765. The minimum atomic E-state index is 0.233. The number of nitrogens with zero attached hydrogens (tertiary/aromatic N) is 3. The van der Waals surface area contributed by atoms with Gasteiger partial charge in [0.05, 0.1) is 24.1 Å². The van der Waals surface area contributed by atoms with Gasteiger partial charge >= 0.3 is 0 Å². The summed E-state index contributed by atoms with van der Waals surface area (Å²) in [5.74, 6) is 0. The van der Waals surface area contributed by atoms with E-state index in [1.54, 1.807) is 6.20 Å². The van der Waals surface area contributed by atoms with Gasteiger partial charge in [0.1, 0.15) is 0 Å². The van der Waals surface area contributed by atoms with Crippen molar-refractivity contribution in [3.63, 3.8) is 0 Å². The van der Waals surface area contributed by atoms with Gasteiger partial charge in [0.15, 0.2) is 0 Å². The van der Waals surface area contributed by atoms with E-state index in [1.165, 1.54) is 11.1 Å². The molecule has 2 rings (SSSR count). The standard InChI is InChI=1S/C12H16N4/c1-9-4-5-13-7-12(9)15-10(2)11-6-14-16(3)8-11/h4-8,10,15H,1-3H3. The fraction of sp³-hybridized carbons (Fsp3) is 0.333. The zero-order valence-electron chi connectivity index (χ0n) is 9.81. The van der Waals surface area contributed by atoms with E-state index >= 15 is 0 Å². The summed E-state index contributed by atoms with van der Waals surface area (Å²) in [6.45, 7) is 4.18. The lowest BCUT2D eigenvalue weighted by Crippen LogP contribution is -2.07. The molecule has 1 N–H and O–H groups in total. The Hall–Kier alpha value is -1.84. The maximum absolute atomic E-state index is 4.16. The molecule has 1 unspecified atom stereocenters. The third-order valence-electron chi connectivity index (χ3n) is 2.64. The summed E-state index contributed by atoms with van der Waals surface area (Å²) >= 11 is 0. The molecule has 0 saturated heterocycles. The maximum atomic E-state index is 4.16. The van der Waals surface area contributed by atoms with Gasteiger partial charge in [0.25, 0.3) is 0 Å². The Labute approximate surface area is 95.3 Å². The summed E-state index contributed by atoms with van der Waals surface area (Å²) in [7, 11) is 1.92. The number of aromatic nitrogens is 3. The molecule has 4 nitrogen and oxygen atoms in total. The molecule has 1 atom stereocenters. The Morgan fingerprint density at radius 1 is 1.38 bits per heavy atom. The van der Waals surface area contributed by atoms with Gasteiger partial charge in [-0.25, -0.2) is 0 Å². The summed E-state index contributed by atoms with van der Waals surface area (Å²) in [5, 5.41) is 7.59. The molecular weight excluding hydrogens is 200 g/mol. The Kier molecular flexibility index (Phi) is 2.90. The first-order valence-electron chi connectivity index (χ1n) is 5.32. The molecule has 2 aromatic rings. The van der Waals surface area contributed by atoms with Crippen LogP contribution in [-0.2, 0) is 7.05 Å². The lowest BCUT2D eigenvalue weighted by atomic mass is 10.1. The summed E-state index contributed by atoms with van der Waals surface area (Å²) in [6, 6.07) is 2.23. The van der Waals surface area contributed by atoms with Crippen LogP contribution in [0.1, 0.15) is 24.1 Å². The monoisotopic (exact) mass is 216 g/mol. The van der Waals surface area contributed by atoms with Gasteiger partial charge in [-0.05, 0) is 25.5 Å². The second-order valence-electron chi connectivity index (χ2n) is 4.00. The van der Waals surface area contributed by atoms with Gasteiger partial charge in [-0.1, -0.05) is 0 Å². The fourth-order valence-electron chi connectivity index (χ4n) is 1.60. The fourth-order valence-corrected chi connectivity index (χ4v) is 1.60. The highest BCUT2D eigenvalue weighted by atomic mass is 15.2. The molecule has 84 valence electrons. The quantitative estimate of drug-likeness (QED) is 0.856. The molecule has 0 saturated carbocycles. The van der Waals surface area contributed by atoms with Gasteiger partial charge in [0.2, 0.25) is 0 Å². The molecule has 2 aromatic heterocycles. The summed E-state index contributed by atoms with van der Waals surface area (Å²) in [6.07, 6.45) is 7.55. The van der Waals surface area contributed by atoms with Crippen LogP contribution >= 0.6 is 0 Å². The van der Waals surface area contributed by atoms with Crippen molar-refractivity contribution in [1.82, 2.24) is 14.8 Å². The van der Waals surface area contributed by atoms with Crippen molar-refractivity contribution in [2.75, 3.05) is 5.32 Å². The maximum Gasteiger partial charge on any atom is 0.0561 e. The Morgan fingerprint density at radius 2 is 2.19 bits per heavy atom. The molecule has 0 amide bonds. The van der Waals surface area contributed by atoms with Crippen LogP contribution in [0.2, 0.25) is 0 Å². The molecule has 0 bridgehead atoms. The number of pyridine rings is 1. The number of rotatable bonds is 3. The largest absolute Gasteiger partial charge is 0.377 e. The van der Waals surface area contributed by atoms with Crippen LogP contribution in [0.15, 0.2) is 30.9 Å². The Balaban J connectivity index is 2.13. The van der Waals surface area contributed by atoms with Crippen LogP contribution < -0.4 is 5.32 Å².